The first-order valence-electron chi connectivity index (χ1n) is 11.4. The normalized spacial score (nSPS) is 11.4. The molecule has 0 aliphatic rings. The molecular formula is C29H23Br2FN2O4. The third-order valence-corrected chi connectivity index (χ3v) is 7.90. The molecule has 194 valence electrons. The summed E-state index contributed by atoms with van der Waals surface area (Å²) in [5, 5.41) is 15.6. The molecule has 4 aromatic rings. The van der Waals surface area contributed by atoms with Gasteiger partial charge in [0.2, 0.25) is 0 Å². The van der Waals surface area contributed by atoms with Crippen LogP contribution in [-0.2, 0) is 17.0 Å². The number of hydrogen-bond acceptors (Lipinski definition) is 5. The van der Waals surface area contributed by atoms with E-state index in [1.54, 1.807) is 78.9 Å². The highest BCUT2D eigenvalue weighted by Crippen LogP contribution is 2.42. The van der Waals surface area contributed by atoms with Crippen LogP contribution < -0.4 is 14.9 Å². The number of hydrazone groups is 1. The second-order valence-electron chi connectivity index (χ2n) is 8.18. The van der Waals surface area contributed by atoms with Crippen LogP contribution in [0.25, 0.3) is 0 Å². The molecule has 0 heterocycles. The summed E-state index contributed by atoms with van der Waals surface area (Å²) in [5.41, 5.74) is 2.69. The lowest BCUT2D eigenvalue weighted by molar-refractivity contribution is -0.136. The molecule has 0 unspecified atom stereocenters. The molecule has 0 atom stereocenters. The predicted molar refractivity (Wildman–Crippen MR) is 151 cm³/mol. The van der Waals surface area contributed by atoms with E-state index in [1.165, 1.54) is 25.5 Å². The zero-order valence-electron chi connectivity index (χ0n) is 20.2. The molecule has 4 rings (SSSR count). The van der Waals surface area contributed by atoms with Crippen molar-refractivity contribution in [1.82, 2.24) is 5.43 Å². The molecular weight excluding hydrogens is 619 g/mol. The van der Waals surface area contributed by atoms with Crippen molar-refractivity contribution < 1.29 is 23.8 Å². The van der Waals surface area contributed by atoms with Crippen molar-refractivity contribution in [2.24, 2.45) is 5.10 Å². The molecule has 6 nitrogen and oxygen atoms in total. The molecule has 2 N–H and O–H groups in total. The Balaban J connectivity index is 1.56. The Morgan fingerprint density at radius 1 is 0.974 bits per heavy atom. The van der Waals surface area contributed by atoms with Crippen LogP contribution in [0.15, 0.2) is 105 Å². The van der Waals surface area contributed by atoms with Crippen LogP contribution in [-0.4, -0.2) is 24.3 Å². The topological polar surface area (TPSA) is 80.2 Å². The van der Waals surface area contributed by atoms with Crippen LogP contribution in [0.4, 0.5) is 4.39 Å². The number of benzene rings is 4. The maximum atomic E-state index is 13.3. The van der Waals surface area contributed by atoms with E-state index >= 15 is 0 Å². The van der Waals surface area contributed by atoms with Crippen molar-refractivity contribution in [2.75, 3.05) is 7.11 Å². The van der Waals surface area contributed by atoms with Gasteiger partial charge in [0.05, 0.1) is 17.8 Å². The number of carbonyl (C=O) groups excluding carboxylic acids is 1. The van der Waals surface area contributed by atoms with Crippen molar-refractivity contribution in [1.29, 1.82) is 0 Å². The first-order chi connectivity index (χ1) is 18.3. The summed E-state index contributed by atoms with van der Waals surface area (Å²) in [5.74, 6) is -0.183. The van der Waals surface area contributed by atoms with Gasteiger partial charge in [-0.2, -0.15) is 5.10 Å². The average Bonchev–Trinajstić information content (AvgIpc) is 2.96. The van der Waals surface area contributed by atoms with Gasteiger partial charge in [0.25, 0.3) is 5.91 Å². The molecule has 0 spiro atoms. The fourth-order valence-corrected chi connectivity index (χ4v) is 4.69. The van der Waals surface area contributed by atoms with E-state index in [9.17, 15) is 14.3 Å². The standard InChI is InChI=1S/C29H23Br2FN2O4/c1-37-24-16-20(25(30)26(31)27(24)38-18-19-12-14-23(32)15-13-19)17-33-34-28(35)29(36,21-8-4-2-5-9-21)22-10-6-3-7-11-22/h2-17,36H,18H2,1H3,(H,34,35)/b33-17+. The summed E-state index contributed by atoms with van der Waals surface area (Å²) in [4.78, 5) is 13.3. The molecule has 38 heavy (non-hydrogen) atoms. The largest absolute Gasteiger partial charge is 0.493 e. The monoisotopic (exact) mass is 640 g/mol. The summed E-state index contributed by atoms with van der Waals surface area (Å²) >= 11 is 7.05. The number of rotatable bonds is 9. The van der Waals surface area contributed by atoms with Crippen LogP contribution in [0.5, 0.6) is 11.5 Å². The van der Waals surface area contributed by atoms with Gasteiger partial charge in [-0.05, 0) is 66.7 Å². The Morgan fingerprint density at radius 2 is 1.55 bits per heavy atom. The fraction of sp³-hybridized carbons (Fsp3) is 0.103. The van der Waals surface area contributed by atoms with Gasteiger partial charge in [0.1, 0.15) is 12.4 Å². The number of nitrogens with one attached hydrogen (secondary N) is 1. The number of carbonyl (C=O) groups is 1. The fourth-order valence-electron chi connectivity index (χ4n) is 3.75. The molecule has 1 amide bonds. The van der Waals surface area contributed by atoms with Crippen molar-refractivity contribution in [2.45, 2.75) is 12.2 Å². The number of methoxy groups -OCH3 is 1. The van der Waals surface area contributed by atoms with Crippen molar-refractivity contribution in [3.05, 3.63) is 128 Å². The Bertz CT molecular complexity index is 1390. The van der Waals surface area contributed by atoms with E-state index in [2.05, 4.69) is 42.4 Å². The molecule has 0 bridgehead atoms. The predicted octanol–water partition coefficient (Wildman–Crippen LogP) is 6.32. The number of aliphatic hydroxyl groups is 1. The molecule has 0 aromatic heterocycles. The summed E-state index contributed by atoms with van der Waals surface area (Å²) in [6.45, 7) is 0.197. The van der Waals surface area contributed by atoms with Crippen LogP contribution in [0.3, 0.4) is 0 Å². The molecule has 0 aliphatic carbocycles. The van der Waals surface area contributed by atoms with Crippen LogP contribution in [0.2, 0.25) is 0 Å². The summed E-state index contributed by atoms with van der Waals surface area (Å²) < 4.78 is 25.8. The van der Waals surface area contributed by atoms with E-state index in [0.29, 0.717) is 37.1 Å². The van der Waals surface area contributed by atoms with E-state index in [1.807, 2.05) is 0 Å². The second-order valence-corrected chi connectivity index (χ2v) is 9.77. The Labute approximate surface area is 236 Å². The molecule has 0 radical (unpaired) electrons. The summed E-state index contributed by atoms with van der Waals surface area (Å²) in [6.07, 6.45) is 1.43. The van der Waals surface area contributed by atoms with Crippen LogP contribution in [0, 0.1) is 5.82 Å². The number of hydrogen-bond donors (Lipinski definition) is 2. The molecule has 0 saturated heterocycles. The quantitative estimate of drug-likeness (QED) is 0.166. The molecule has 0 aliphatic heterocycles. The Hall–Kier alpha value is -3.53. The first kappa shape index (κ1) is 27.5. The average molecular weight is 642 g/mol. The van der Waals surface area contributed by atoms with Gasteiger partial charge in [-0.1, -0.05) is 72.8 Å². The van der Waals surface area contributed by atoms with E-state index in [4.69, 9.17) is 9.47 Å². The van der Waals surface area contributed by atoms with Gasteiger partial charge < -0.3 is 14.6 Å². The van der Waals surface area contributed by atoms with Crippen molar-refractivity contribution >= 4 is 44.0 Å². The van der Waals surface area contributed by atoms with Crippen molar-refractivity contribution in [3.8, 4) is 11.5 Å². The van der Waals surface area contributed by atoms with E-state index < -0.39 is 11.5 Å². The number of nitrogens with zero attached hydrogens (tertiary/aromatic N) is 1. The zero-order valence-corrected chi connectivity index (χ0v) is 23.4. The third kappa shape index (κ3) is 5.96. The van der Waals surface area contributed by atoms with Crippen LogP contribution in [0.1, 0.15) is 22.3 Å². The minimum Gasteiger partial charge on any atom is -0.493 e. The first-order valence-corrected chi connectivity index (χ1v) is 13.0. The smallest absolute Gasteiger partial charge is 0.281 e. The zero-order chi connectivity index (χ0) is 27.1. The lowest BCUT2D eigenvalue weighted by Gasteiger charge is -2.27. The van der Waals surface area contributed by atoms with Gasteiger partial charge in [-0.3, -0.25) is 4.79 Å². The second kappa shape index (κ2) is 12.3. The molecule has 9 heteroatoms. The summed E-state index contributed by atoms with van der Waals surface area (Å²) in [7, 11) is 1.50. The maximum Gasteiger partial charge on any atom is 0.281 e. The molecule has 0 fully saturated rings. The number of ether oxygens (including phenoxy) is 2. The number of halogens is 3. The molecule has 4 aromatic carbocycles. The highest BCUT2D eigenvalue weighted by molar-refractivity contribution is 9.13. The van der Waals surface area contributed by atoms with Gasteiger partial charge >= 0.3 is 0 Å². The van der Waals surface area contributed by atoms with Gasteiger partial charge in [0, 0.05) is 10.0 Å². The van der Waals surface area contributed by atoms with E-state index in [0.717, 1.165) is 5.56 Å². The maximum absolute atomic E-state index is 13.3. The van der Waals surface area contributed by atoms with Gasteiger partial charge in [0.15, 0.2) is 17.1 Å². The molecule has 0 saturated carbocycles. The van der Waals surface area contributed by atoms with Crippen molar-refractivity contribution in [3.63, 3.8) is 0 Å². The van der Waals surface area contributed by atoms with Crippen LogP contribution >= 0.6 is 31.9 Å². The SMILES string of the molecule is COc1cc(/C=N/NC(=O)C(O)(c2ccccc2)c2ccccc2)c(Br)c(Br)c1OCc1ccc(F)cc1. The lowest BCUT2D eigenvalue weighted by atomic mass is 9.85. The number of amides is 1. The Kier molecular flexibility index (Phi) is 8.93. The highest BCUT2D eigenvalue weighted by atomic mass is 79.9. The van der Waals surface area contributed by atoms with Gasteiger partial charge in [-0.25, -0.2) is 9.82 Å². The third-order valence-electron chi connectivity index (χ3n) is 5.75. The minimum atomic E-state index is -1.95. The van der Waals surface area contributed by atoms with Gasteiger partial charge in [-0.15, -0.1) is 0 Å². The summed E-state index contributed by atoms with van der Waals surface area (Å²) in [6, 6.07) is 25.0. The minimum absolute atomic E-state index is 0.197. The van der Waals surface area contributed by atoms with E-state index in [-0.39, 0.29) is 12.4 Å². The highest BCUT2D eigenvalue weighted by Gasteiger charge is 2.39. The Morgan fingerprint density at radius 3 is 2.11 bits per heavy atom. The lowest BCUT2D eigenvalue weighted by Crippen LogP contribution is -2.43.